The number of aromatic amines is 1. The predicted molar refractivity (Wildman–Crippen MR) is 81.4 cm³/mol. The smallest absolute Gasteiger partial charge is 0.255 e. The number of hydrogen-bond donors (Lipinski definition) is 1. The SMILES string of the molecule is C[C@@H](CN(C)C(=O)c1csc2ccccc12)c1nn[nH]n1. The highest BCUT2D eigenvalue weighted by Crippen LogP contribution is 2.26. The van der Waals surface area contributed by atoms with E-state index >= 15 is 0 Å². The van der Waals surface area contributed by atoms with E-state index in [0.717, 1.165) is 15.6 Å². The first-order valence-electron chi connectivity index (χ1n) is 6.62. The third-order valence-electron chi connectivity index (χ3n) is 3.41. The number of carbonyl (C=O) groups excluding carboxylic acids is 1. The molecule has 0 unspecified atom stereocenters. The summed E-state index contributed by atoms with van der Waals surface area (Å²) < 4.78 is 1.13. The topological polar surface area (TPSA) is 74.8 Å². The van der Waals surface area contributed by atoms with Gasteiger partial charge in [0.15, 0.2) is 5.82 Å². The summed E-state index contributed by atoms with van der Waals surface area (Å²) in [5.41, 5.74) is 0.749. The van der Waals surface area contributed by atoms with Gasteiger partial charge in [0.05, 0.1) is 5.56 Å². The summed E-state index contributed by atoms with van der Waals surface area (Å²) in [5, 5.41) is 16.8. The normalized spacial score (nSPS) is 12.5. The van der Waals surface area contributed by atoms with Crippen molar-refractivity contribution in [2.24, 2.45) is 0 Å². The van der Waals surface area contributed by atoms with Crippen molar-refractivity contribution in [3.63, 3.8) is 0 Å². The summed E-state index contributed by atoms with van der Waals surface area (Å²) in [5.74, 6) is 0.662. The maximum Gasteiger partial charge on any atom is 0.255 e. The van der Waals surface area contributed by atoms with E-state index in [1.807, 2.05) is 36.6 Å². The lowest BCUT2D eigenvalue weighted by molar-refractivity contribution is 0.0789. The Morgan fingerprint density at radius 1 is 1.43 bits per heavy atom. The Morgan fingerprint density at radius 3 is 3.00 bits per heavy atom. The van der Waals surface area contributed by atoms with E-state index in [1.165, 1.54) is 0 Å². The molecular formula is C14H15N5OS. The largest absolute Gasteiger partial charge is 0.341 e. The Labute approximate surface area is 125 Å². The van der Waals surface area contributed by atoms with Gasteiger partial charge in [0, 0.05) is 35.0 Å². The molecule has 0 radical (unpaired) electrons. The summed E-state index contributed by atoms with van der Waals surface area (Å²) in [6.45, 7) is 2.52. The Balaban J connectivity index is 1.78. The first-order chi connectivity index (χ1) is 10.2. The number of likely N-dealkylation sites (N-methyl/N-ethyl adjacent to an activating group) is 1. The molecule has 6 nitrogen and oxygen atoms in total. The minimum absolute atomic E-state index is 0.0165. The van der Waals surface area contributed by atoms with Gasteiger partial charge < -0.3 is 4.90 Å². The number of amides is 1. The van der Waals surface area contributed by atoms with Crippen molar-refractivity contribution in [1.82, 2.24) is 25.5 Å². The van der Waals surface area contributed by atoms with Crippen molar-refractivity contribution in [3.8, 4) is 0 Å². The van der Waals surface area contributed by atoms with E-state index in [2.05, 4.69) is 20.6 Å². The monoisotopic (exact) mass is 301 g/mol. The fourth-order valence-electron chi connectivity index (χ4n) is 2.30. The van der Waals surface area contributed by atoms with Gasteiger partial charge >= 0.3 is 0 Å². The van der Waals surface area contributed by atoms with Crippen molar-refractivity contribution >= 4 is 27.3 Å². The molecule has 2 heterocycles. The zero-order chi connectivity index (χ0) is 14.8. The van der Waals surface area contributed by atoms with Crippen LogP contribution in [0.1, 0.15) is 29.0 Å². The number of hydrogen-bond acceptors (Lipinski definition) is 5. The number of H-pyrrole nitrogens is 1. The van der Waals surface area contributed by atoms with Crippen LogP contribution < -0.4 is 0 Å². The minimum atomic E-state index is 0.0165. The van der Waals surface area contributed by atoms with Crippen LogP contribution in [0.15, 0.2) is 29.6 Å². The average Bonchev–Trinajstić information content (AvgIpc) is 3.15. The van der Waals surface area contributed by atoms with Crippen LogP contribution >= 0.6 is 11.3 Å². The molecule has 0 bridgehead atoms. The van der Waals surface area contributed by atoms with Gasteiger partial charge in [-0.2, -0.15) is 5.21 Å². The van der Waals surface area contributed by atoms with Gasteiger partial charge in [-0.05, 0) is 6.07 Å². The summed E-state index contributed by atoms with van der Waals surface area (Å²) >= 11 is 1.59. The standard InChI is InChI=1S/C14H15N5OS/c1-9(13-15-17-18-16-13)7-19(2)14(20)11-8-21-12-6-4-3-5-10(11)12/h3-6,8-9H,7H2,1-2H3,(H,15,16,17,18)/t9-/m0/s1. The average molecular weight is 301 g/mol. The minimum Gasteiger partial charge on any atom is -0.341 e. The number of thiophene rings is 1. The molecule has 1 aromatic carbocycles. The van der Waals surface area contributed by atoms with Crippen LogP contribution in [0.5, 0.6) is 0 Å². The number of carbonyl (C=O) groups is 1. The van der Waals surface area contributed by atoms with Crippen molar-refractivity contribution in [2.45, 2.75) is 12.8 Å². The second-order valence-corrected chi connectivity index (χ2v) is 5.91. The second-order valence-electron chi connectivity index (χ2n) is 5.00. The van der Waals surface area contributed by atoms with Gasteiger partial charge in [0.2, 0.25) is 0 Å². The van der Waals surface area contributed by atoms with Crippen LogP contribution in [0.4, 0.5) is 0 Å². The van der Waals surface area contributed by atoms with E-state index in [1.54, 1.807) is 23.3 Å². The molecule has 0 aliphatic rings. The number of aromatic nitrogens is 4. The molecular weight excluding hydrogens is 286 g/mol. The van der Waals surface area contributed by atoms with Crippen molar-refractivity contribution < 1.29 is 4.79 Å². The number of nitrogens with one attached hydrogen (secondary N) is 1. The summed E-state index contributed by atoms with van der Waals surface area (Å²) in [6.07, 6.45) is 0. The number of rotatable bonds is 4. The Kier molecular flexibility index (Phi) is 3.66. The molecule has 1 atom stereocenters. The Bertz CT molecular complexity index is 752. The second kappa shape index (κ2) is 5.61. The van der Waals surface area contributed by atoms with E-state index in [-0.39, 0.29) is 11.8 Å². The van der Waals surface area contributed by atoms with E-state index in [9.17, 15) is 4.79 Å². The molecule has 1 N–H and O–H groups in total. The molecule has 21 heavy (non-hydrogen) atoms. The molecule has 0 saturated heterocycles. The fourth-order valence-corrected chi connectivity index (χ4v) is 3.24. The van der Waals surface area contributed by atoms with Gasteiger partial charge in [-0.15, -0.1) is 21.5 Å². The highest BCUT2D eigenvalue weighted by molar-refractivity contribution is 7.17. The lowest BCUT2D eigenvalue weighted by Crippen LogP contribution is -2.30. The van der Waals surface area contributed by atoms with Gasteiger partial charge in [-0.3, -0.25) is 4.79 Å². The zero-order valence-corrected chi connectivity index (χ0v) is 12.6. The molecule has 3 rings (SSSR count). The van der Waals surface area contributed by atoms with Crippen molar-refractivity contribution in [2.75, 3.05) is 13.6 Å². The summed E-state index contributed by atoms with van der Waals surface area (Å²) in [4.78, 5) is 14.3. The molecule has 3 aromatic rings. The highest BCUT2D eigenvalue weighted by Gasteiger charge is 2.20. The van der Waals surface area contributed by atoms with Crippen molar-refractivity contribution in [1.29, 1.82) is 0 Å². The molecule has 0 aliphatic carbocycles. The molecule has 0 saturated carbocycles. The molecule has 0 fully saturated rings. The quantitative estimate of drug-likeness (QED) is 0.802. The number of nitrogens with zero attached hydrogens (tertiary/aromatic N) is 4. The van der Waals surface area contributed by atoms with Gasteiger partial charge in [-0.25, -0.2) is 0 Å². The lowest BCUT2D eigenvalue weighted by Gasteiger charge is -2.19. The summed E-state index contributed by atoms with van der Waals surface area (Å²) in [7, 11) is 1.80. The third-order valence-corrected chi connectivity index (χ3v) is 4.37. The van der Waals surface area contributed by atoms with Crippen LogP contribution in [0.2, 0.25) is 0 Å². The van der Waals surface area contributed by atoms with Gasteiger partial charge in [0.25, 0.3) is 5.91 Å². The van der Waals surface area contributed by atoms with Crippen LogP contribution in [0, 0.1) is 0 Å². The van der Waals surface area contributed by atoms with E-state index in [4.69, 9.17) is 0 Å². The third kappa shape index (κ3) is 2.64. The number of tetrazole rings is 1. The maximum atomic E-state index is 12.6. The van der Waals surface area contributed by atoms with E-state index in [0.29, 0.717) is 12.4 Å². The molecule has 1 amide bonds. The molecule has 7 heteroatoms. The Morgan fingerprint density at radius 2 is 2.24 bits per heavy atom. The zero-order valence-electron chi connectivity index (χ0n) is 11.8. The lowest BCUT2D eigenvalue weighted by atomic mass is 10.1. The number of benzene rings is 1. The predicted octanol–water partition coefficient (Wildman–Crippen LogP) is 2.29. The first kappa shape index (κ1) is 13.7. The molecule has 2 aromatic heterocycles. The molecule has 0 aliphatic heterocycles. The van der Waals surface area contributed by atoms with E-state index < -0.39 is 0 Å². The van der Waals surface area contributed by atoms with Gasteiger partial charge in [0.1, 0.15) is 0 Å². The van der Waals surface area contributed by atoms with Crippen molar-refractivity contribution in [3.05, 3.63) is 41.0 Å². The van der Waals surface area contributed by atoms with Crippen LogP contribution in [-0.4, -0.2) is 45.0 Å². The summed E-state index contributed by atoms with van der Waals surface area (Å²) in [6, 6.07) is 7.94. The first-order valence-corrected chi connectivity index (χ1v) is 7.50. The highest BCUT2D eigenvalue weighted by atomic mass is 32.1. The number of fused-ring (bicyclic) bond motifs is 1. The van der Waals surface area contributed by atoms with Gasteiger partial charge in [-0.1, -0.05) is 30.3 Å². The molecule has 0 spiro atoms. The maximum absolute atomic E-state index is 12.6. The fraction of sp³-hybridized carbons (Fsp3) is 0.286. The molecule has 108 valence electrons. The Hall–Kier alpha value is -2.28. The van der Waals surface area contributed by atoms with Crippen LogP contribution in [-0.2, 0) is 0 Å². The van der Waals surface area contributed by atoms with Crippen LogP contribution in [0.25, 0.3) is 10.1 Å². The van der Waals surface area contributed by atoms with Crippen LogP contribution in [0.3, 0.4) is 0 Å².